The standard InChI is InChI=1S/C15H17NO6/c1-2-22-13(18)7-12(17)14(19)8-3-4-10-9(5-8)6-11(16-10)15(20)21/h3-6,12,14,16-17,19H,2,7H2,1H3,(H,20,21). The minimum atomic E-state index is -1.30. The molecular weight excluding hydrogens is 290 g/mol. The second-order valence-corrected chi connectivity index (χ2v) is 4.86. The molecule has 1 aromatic carbocycles. The monoisotopic (exact) mass is 307 g/mol. The molecule has 0 spiro atoms. The topological polar surface area (TPSA) is 120 Å². The van der Waals surface area contributed by atoms with Crippen LogP contribution < -0.4 is 0 Å². The van der Waals surface area contributed by atoms with Crippen LogP contribution in [0.3, 0.4) is 0 Å². The third kappa shape index (κ3) is 3.44. The van der Waals surface area contributed by atoms with E-state index in [0.29, 0.717) is 16.5 Å². The van der Waals surface area contributed by atoms with Crippen molar-refractivity contribution in [3.63, 3.8) is 0 Å². The largest absolute Gasteiger partial charge is 0.477 e. The molecule has 7 nitrogen and oxygen atoms in total. The molecule has 4 N–H and O–H groups in total. The van der Waals surface area contributed by atoms with E-state index in [2.05, 4.69) is 4.98 Å². The first-order chi connectivity index (χ1) is 10.4. The summed E-state index contributed by atoms with van der Waals surface area (Å²) in [6.07, 6.45) is -2.88. The average Bonchev–Trinajstić information content (AvgIpc) is 2.89. The Hall–Kier alpha value is -2.38. The molecule has 0 aliphatic heterocycles. The third-order valence-corrected chi connectivity index (χ3v) is 3.26. The van der Waals surface area contributed by atoms with E-state index >= 15 is 0 Å². The smallest absolute Gasteiger partial charge is 0.352 e. The lowest BCUT2D eigenvalue weighted by molar-refractivity contribution is -0.147. The summed E-state index contributed by atoms with van der Waals surface area (Å²) in [5.41, 5.74) is 1.03. The molecule has 0 saturated carbocycles. The molecule has 0 amide bonds. The number of hydrogen-bond acceptors (Lipinski definition) is 5. The fourth-order valence-electron chi connectivity index (χ4n) is 2.17. The van der Waals surface area contributed by atoms with Gasteiger partial charge in [-0.3, -0.25) is 4.79 Å². The van der Waals surface area contributed by atoms with Gasteiger partial charge in [-0.1, -0.05) is 6.07 Å². The molecule has 118 valence electrons. The molecule has 1 heterocycles. The van der Waals surface area contributed by atoms with Crippen LogP contribution in [0.2, 0.25) is 0 Å². The van der Waals surface area contributed by atoms with Crippen molar-refractivity contribution in [2.45, 2.75) is 25.6 Å². The molecule has 0 saturated heterocycles. The predicted octanol–water partition coefficient (Wildman–Crippen LogP) is 1.21. The average molecular weight is 307 g/mol. The van der Waals surface area contributed by atoms with E-state index in [1.807, 2.05) is 0 Å². The lowest BCUT2D eigenvalue weighted by atomic mass is 10.0. The summed E-state index contributed by atoms with van der Waals surface area (Å²) in [5, 5.41) is 29.5. The van der Waals surface area contributed by atoms with E-state index in [1.165, 1.54) is 6.07 Å². The highest BCUT2D eigenvalue weighted by atomic mass is 16.5. The van der Waals surface area contributed by atoms with E-state index in [9.17, 15) is 19.8 Å². The number of aliphatic hydroxyl groups excluding tert-OH is 2. The zero-order valence-electron chi connectivity index (χ0n) is 11.9. The van der Waals surface area contributed by atoms with Crippen LogP contribution in [0.4, 0.5) is 0 Å². The van der Waals surface area contributed by atoms with Gasteiger partial charge >= 0.3 is 11.9 Å². The Morgan fingerprint density at radius 3 is 2.64 bits per heavy atom. The SMILES string of the molecule is CCOC(=O)CC(O)C(O)c1ccc2[nH]c(C(=O)O)cc2c1. The summed E-state index contributed by atoms with van der Waals surface area (Å²) in [6.45, 7) is 1.86. The second-order valence-electron chi connectivity index (χ2n) is 4.86. The summed E-state index contributed by atoms with van der Waals surface area (Å²) < 4.78 is 4.72. The lowest BCUT2D eigenvalue weighted by Gasteiger charge is -2.17. The van der Waals surface area contributed by atoms with E-state index < -0.39 is 24.1 Å². The number of rotatable bonds is 6. The van der Waals surface area contributed by atoms with Crippen LogP contribution in [0.25, 0.3) is 10.9 Å². The van der Waals surface area contributed by atoms with Crippen molar-refractivity contribution in [2.75, 3.05) is 6.61 Å². The van der Waals surface area contributed by atoms with Gasteiger partial charge in [0.1, 0.15) is 11.8 Å². The minimum absolute atomic E-state index is 0.0358. The van der Waals surface area contributed by atoms with Crippen molar-refractivity contribution in [3.05, 3.63) is 35.5 Å². The number of esters is 1. The summed E-state index contributed by atoms with van der Waals surface area (Å²) in [6, 6.07) is 6.17. The van der Waals surface area contributed by atoms with Gasteiger partial charge in [0.15, 0.2) is 0 Å². The highest BCUT2D eigenvalue weighted by Crippen LogP contribution is 2.24. The second kappa shape index (κ2) is 6.59. The number of aromatic carboxylic acids is 1. The van der Waals surface area contributed by atoms with Crippen molar-refractivity contribution in [1.29, 1.82) is 0 Å². The molecule has 22 heavy (non-hydrogen) atoms. The molecule has 2 unspecified atom stereocenters. The van der Waals surface area contributed by atoms with Gasteiger partial charge < -0.3 is 25.0 Å². The molecule has 2 aromatic rings. The zero-order chi connectivity index (χ0) is 16.3. The number of aromatic nitrogens is 1. The van der Waals surface area contributed by atoms with Crippen LogP contribution in [0.5, 0.6) is 0 Å². The molecule has 0 aliphatic carbocycles. The number of carbonyl (C=O) groups is 2. The number of ether oxygens (including phenoxy) is 1. The highest BCUT2D eigenvalue weighted by Gasteiger charge is 2.22. The van der Waals surface area contributed by atoms with Gasteiger partial charge in [0.05, 0.1) is 19.1 Å². The van der Waals surface area contributed by atoms with Gasteiger partial charge in [0.25, 0.3) is 0 Å². The number of aromatic amines is 1. The van der Waals surface area contributed by atoms with Gasteiger partial charge in [-0.05, 0) is 30.7 Å². The fraction of sp³-hybridized carbons (Fsp3) is 0.333. The van der Waals surface area contributed by atoms with Crippen LogP contribution in [-0.4, -0.2) is 45.0 Å². The molecule has 7 heteroatoms. The van der Waals surface area contributed by atoms with Crippen LogP contribution in [-0.2, 0) is 9.53 Å². The molecular formula is C15H17NO6. The molecule has 0 aliphatic rings. The maximum absolute atomic E-state index is 11.3. The maximum atomic E-state index is 11.3. The molecule has 1 aromatic heterocycles. The Balaban J connectivity index is 2.18. The van der Waals surface area contributed by atoms with Crippen molar-refractivity contribution in [1.82, 2.24) is 4.98 Å². The molecule has 2 atom stereocenters. The van der Waals surface area contributed by atoms with Crippen molar-refractivity contribution < 1.29 is 29.6 Å². The first-order valence-electron chi connectivity index (χ1n) is 6.80. The molecule has 0 bridgehead atoms. The third-order valence-electron chi connectivity index (χ3n) is 3.26. The van der Waals surface area contributed by atoms with Crippen LogP contribution >= 0.6 is 0 Å². The number of carboxylic acids is 1. The van der Waals surface area contributed by atoms with E-state index in [0.717, 1.165) is 0 Å². The van der Waals surface area contributed by atoms with E-state index in [1.54, 1.807) is 25.1 Å². The first kappa shape index (κ1) is 16.0. The normalized spacial score (nSPS) is 13.8. The molecule has 0 fully saturated rings. The van der Waals surface area contributed by atoms with Gasteiger partial charge in [0.2, 0.25) is 0 Å². The Bertz CT molecular complexity index is 692. The Labute approximate surface area is 126 Å². The molecule has 0 radical (unpaired) electrons. The lowest BCUT2D eigenvalue weighted by Crippen LogP contribution is -2.23. The zero-order valence-corrected chi connectivity index (χ0v) is 11.9. The number of nitrogens with one attached hydrogen (secondary N) is 1. The number of carboxylic acid groups (broad SMARTS) is 1. The summed E-state index contributed by atoms with van der Waals surface area (Å²) in [7, 11) is 0. The Kier molecular flexibility index (Phi) is 4.79. The Morgan fingerprint density at radius 2 is 2.00 bits per heavy atom. The van der Waals surface area contributed by atoms with Crippen LogP contribution in [0.15, 0.2) is 24.3 Å². The summed E-state index contributed by atoms with van der Waals surface area (Å²) >= 11 is 0. The van der Waals surface area contributed by atoms with Gasteiger partial charge in [-0.2, -0.15) is 0 Å². The highest BCUT2D eigenvalue weighted by molar-refractivity contribution is 5.93. The van der Waals surface area contributed by atoms with E-state index in [4.69, 9.17) is 9.84 Å². The number of carbonyl (C=O) groups excluding carboxylic acids is 1. The quantitative estimate of drug-likeness (QED) is 0.595. The van der Waals surface area contributed by atoms with Crippen LogP contribution in [0.1, 0.15) is 35.5 Å². The number of H-pyrrole nitrogens is 1. The minimum Gasteiger partial charge on any atom is -0.477 e. The summed E-state index contributed by atoms with van der Waals surface area (Å²) in [4.78, 5) is 24.9. The number of hydrogen-bond donors (Lipinski definition) is 4. The van der Waals surface area contributed by atoms with Gasteiger partial charge in [0, 0.05) is 10.9 Å². The van der Waals surface area contributed by atoms with Gasteiger partial charge in [-0.15, -0.1) is 0 Å². The predicted molar refractivity (Wildman–Crippen MR) is 77.5 cm³/mol. The van der Waals surface area contributed by atoms with E-state index in [-0.39, 0.29) is 18.7 Å². The fourth-order valence-corrected chi connectivity index (χ4v) is 2.17. The van der Waals surface area contributed by atoms with Crippen molar-refractivity contribution in [2.24, 2.45) is 0 Å². The van der Waals surface area contributed by atoms with Gasteiger partial charge in [-0.25, -0.2) is 4.79 Å². The molecule has 2 rings (SSSR count). The summed E-state index contributed by atoms with van der Waals surface area (Å²) in [5.74, 6) is -1.68. The van der Waals surface area contributed by atoms with Crippen molar-refractivity contribution in [3.8, 4) is 0 Å². The van der Waals surface area contributed by atoms with Crippen molar-refractivity contribution >= 4 is 22.8 Å². The van der Waals surface area contributed by atoms with Crippen LogP contribution in [0, 0.1) is 0 Å². The number of aliphatic hydroxyl groups is 2. The number of fused-ring (bicyclic) bond motifs is 1. The maximum Gasteiger partial charge on any atom is 0.352 e. The first-order valence-corrected chi connectivity index (χ1v) is 6.80. The Morgan fingerprint density at radius 1 is 1.27 bits per heavy atom. The number of benzene rings is 1.